The molecule has 0 bridgehead atoms. The summed E-state index contributed by atoms with van der Waals surface area (Å²) in [5.41, 5.74) is 0.949. The maximum absolute atomic E-state index is 12.9. The quantitative estimate of drug-likeness (QED) is 0.499. The van der Waals surface area contributed by atoms with E-state index in [2.05, 4.69) is 5.32 Å². The van der Waals surface area contributed by atoms with E-state index in [1.165, 1.54) is 16.4 Å². The first kappa shape index (κ1) is 25.6. The van der Waals surface area contributed by atoms with Crippen molar-refractivity contribution in [1.82, 2.24) is 9.62 Å². The third-order valence-corrected chi connectivity index (χ3v) is 7.44. The molecule has 186 valence electrons. The molecule has 0 radical (unpaired) electrons. The van der Waals surface area contributed by atoms with Crippen LogP contribution in [0.2, 0.25) is 0 Å². The third kappa shape index (κ3) is 5.89. The van der Waals surface area contributed by atoms with Crippen molar-refractivity contribution in [2.75, 3.05) is 40.5 Å². The molecule has 0 saturated carbocycles. The van der Waals surface area contributed by atoms with Gasteiger partial charge in [0.15, 0.2) is 0 Å². The Hall–Kier alpha value is -3.05. The fourth-order valence-electron chi connectivity index (χ4n) is 3.78. The van der Waals surface area contributed by atoms with Crippen molar-refractivity contribution in [3.05, 3.63) is 41.7 Å². The fraction of sp³-hybridized carbons (Fsp3) is 0.478. The minimum absolute atomic E-state index is 0.105. The van der Waals surface area contributed by atoms with E-state index in [4.69, 9.17) is 18.6 Å². The number of amides is 1. The summed E-state index contributed by atoms with van der Waals surface area (Å²) in [5.74, 6) is 0.118. The lowest BCUT2D eigenvalue weighted by atomic mass is 9.97. The maximum Gasteiger partial charge on any atom is 0.374 e. The Balaban J connectivity index is 1.50. The topological polar surface area (TPSA) is 124 Å². The average Bonchev–Trinajstić information content (AvgIpc) is 3.36. The Kier molecular flexibility index (Phi) is 8.56. The molecule has 3 rings (SSSR count). The number of carbonyl (C=O) groups excluding carboxylic acids is 2. The standard InChI is InChI=1S/C23H30N2O8S/c1-4-32-23(27)19-7-8-21(33-19)34(28,29)25-13-10-17(11-14-25)22(26)24-12-9-16-5-6-18(30-2)15-20(16)31-3/h5-8,15,17H,4,9-14H2,1-3H3,(H,24,26). The highest BCUT2D eigenvalue weighted by molar-refractivity contribution is 7.89. The Bertz CT molecular complexity index is 1100. The number of carbonyl (C=O) groups is 2. The number of methoxy groups -OCH3 is 2. The molecule has 0 aliphatic carbocycles. The van der Waals surface area contributed by atoms with Crippen LogP contribution in [0.1, 0.15) is 35.9 Å². The van der Waals surface area contributed by atoms with E-state index in [1.807, 2.05) is 12.1 Å². The molecule has 2 aromatic rings. The van der Waals surface area contributed by atoms with E-state index >= 15 is 0 Å². The van der Waals surface area contributed by atoms with Crippen molar-refractivity contribution in [2.45, 2.75) is 31.3 Å². The van der Waals surface area contributed by atoms with E-state index in [-0.39, 0.29) is 42.4 Å². The van der Waals surface area contributed by atoms with Crippen molar-refractivity contribution in [3.63, 3.8) is 0 Å². The van der Waals surface area contributed by atoms with Gasteiger partial charge in [-0.05, 0) is 49.9 Å². The van der Waals surface area contributed by atoms with Crippen molar-refractivity contribution in [1.29, 1.82) is 0 Å². The molecular formula is C23H30N2O8S. The lowest BCUT2D eigenvalue weighted by molar-refractivity contribution is -0.126. The predicted octanol–water partition coefficient (Wildman–Crippen LogP) is 2.23. The van der Waals surface area contributed by atoms with Gasteiger partial charge in [0, 0.05) is 31.6 Å². The largest absolute Gasteiger partial charge is 0.497 e. The van der Waals surface area contributed by atoms with Crippen LogP contribution in [0, 0.1) is 5.92 Å². The lowest BCUT2D eigenvalue weighted by Crippen LogP contribution is -2.43. The number of piperidine rings is 1. The number of nitrogens with zero attached hydrogens (tertiary/aromatic N) is 1. The number of benzene rings is 1. The molecule has 0 spiro atoms. The molecule has 34 heavy (non-hydrogen) atoms. The molecule has 1 amide bonds. The second-order valence-electron chi connectivity index (χ2n) is 7.74. The van der Waals surface area contributed by atoms with Crippen LogP contribution in [-0.4, -0.2) is 65.1 Å². The van der Waals surface area contributed by atoms with Crippen LogP contribution in [-0.2, 0) is 26.0 Å². The highest BCUT2D eigenvalue weighted by Gasteiger charge is 2.34. The highest BCUT2D eigenvalue weighted by atomic mass is 32.2. The summed E-state index contributed by atoms with van der Waals surface area (Å²) in [6.07, 6.45) is 1.37. The monoisotopic (exact) mass is 494 g/mol. The number of hydrogen-bond donors (Lipinski definition) is 1. The summed E-state index contributed by atoms with van der Waals surface area (Å²) in [4.78, 5) is 24.3. The molecule has 1 aromatic heterocycles. The number of furan rings is 1. The number of esters is 1. The zero-order valence-corrected chi connectivity index (χ0v) is 20.4. The molecule has 1 aliphatic rings. The van der Waals surface area contributed by atoms with Crippen molar-refractivity contribution in [3.8, 4) is 11.5 Å². The normalized spacial score (nSPS) is 15.0. The minimum atomic E-state index is -3.90. The van der Waals surface area contributed by atoms with Crippen LogP contribution < -0.4 is 14.8 Å². The average molecular weight is 495 g/mol. The molecule has 2 heterocycles. The Morgan fingerprint density at radius 2 is 1.85 bits per heavy atom. The second kappa shape index (κ2) is 11.4. The Morgan fingerprint density at radius 3 is 2.50 bits per heavy atom. The molecule has 11 heteroatoms. The SMILES string of the molecule is CCOC(=O)c1ccc(S(=O)(=O)N2CCC(C(=O)NCCc3ccc(OC)cc3OC)CC2)o1. The predicted molar refractivity (Wildman–Crippen MR) is 122 cm³/mol. The molecule has 1 aromatic carbocycles. The van der Waals surface area contributed by atoms with E-state index in [0.717, 1.165) is 5.56 Å². The van der Waals surface area contributed by atoms with Gasteiger partial charge in [-0.3, -0.25) is 4.79 Å². The Labute approximate surface area is 199 Å². The third-order valence-electron chi connectivity index (χ3n) is 5.66. The summed E-state index contributed by atoms with van der Waals surface area (Å²) >= 11 is 0. The summed E-state index contributed by atoms with van der Waals surface area (Å²) < 4.78 is 47.6. The fourth-order valence-corrected chi connectivity index (χ4v) is 5.16. The van der Waals surface area contributed by atoms with E-state index < -0.39 is 16.0 Å². The van der Waals surface area contributed by atoms with Crippen molar-refractivity contribution < 1.29 is 36.6 Å². The van der Waals surface area contributed by atoms with Crippen LogP contribution in [0.4, 0.5) is 0 Å². The van der Waals surface area contributed by atoms with E-state index in [1.54, 1.807) is 27.2 Å². The summed E-state index contributed by atoms with van der Waals surface area (Å²) in [7, 11) is -0.736. The van der Waals surface area contributed by atoms with Gasteiger partial charge in [-0.2, -0.15) is 4.31 Å². The van der Waals surface area contributed by atoms with Crippen molar-refractivity contribution in [2.24, 2.45) is 5.92 Å². The number of nitrogens with one attached hydrogen (secondary N) is 1. The van der Waals surface area contributed by atoms with Crippen molar-refractivity contribution >= 4 is 21.9 Å². The summed E-state index contributed by atoms with van der Waals surface area (Å²) in [6, 6.07) is 8.05. The first-order chi connectivity index (χ1) is 16.3. The lowest BCUT2D eigenvalue weighted by Gasteiger charge is -2.29. The number of rotatable bonds is 10. The molecule has 1 N–H and O–H groups in total. The van der Waals surface area contributed by atoms with Gasteiger partial charge in [0.05, 0.1) is 20.8 Å². The smallest absolute Gasteiger partial charge is 0.374 e. The molecular weight excluding hydrogens is 464 g/mol. The highest BCUT2D eigenvalue weighted by Crippen LogP contribution is 2.26. The van der Waals surface area contributed by atoms with Gasteiger partial charge >= 0.3 is 5.97 Å². The molecule has 1 fully saturated rings. The summed E-state index contributed by atoms with van der Waals surface area (Å²) in [5, 5.41) is 2.62. The van der Waals surface area contributed by atoms with Crippen LogP contribution in [0.3, 0.4) is 0 Å². The zero-order chi connectivity index (χ0) is 24.7. The van der Waals surface area contributed by atoms with Gasteiger partial charge in [0.2, 0.25) is 16.8 Å². The first-order valence-electron chi connectivity index (χ1n) is 11.1. The zero-order valence-electron chi connectivity index (χ0n) is 19.5. The first-order valence-corrected chi connectivity index (χ1v) is 12.5. The van der Waals surface area contributed by atoms with Crippen LogP contribution in [0.25, 0.3) is 0 Å². The van der Waals surface area contributed by atoms with Gasteiger partial charge in [-0.15, -0.1) is 0 Å². The molecule has 0 unspecified atom stereocenters. The number of hydrogen-bond acceptors (Lipinski definition) is 8. The maximum atomic E-state index is 12.9. The molecule has 1 aliphatic heterocycles. The second-order valence-corrected chi connectivity index (χ2v) is 9.61. The molecule has 10 nitrogen and oxygen atoms in total. The molecule has 1 saturated heterocycles. The minimum Gasteiger partial charge on any atom is -0.497 e. The number of ether oxygens (including phenoxy) is 3. The van der Waals surface area contributed by atoms with Crippen LogP contribution in [0.5, 0.6) is 11.5 Å². The van der Waals surface area contributed by atoms with Gasteiger partial charge in [-0.1, -0.05) is 6.07 Å². The molecule has 0 atom stereocenters. The van der Waals surface area contributed by atoms with Crippen LogP contribution in [0.15, 0.2) is 39.8 Å². The number of sulfonamides is 1. The van der Waals surface area contributed by atoms with Gasteiger partial charge < -0.3 is 23.9 Å². The van der Waals surface area contributed by atoms with E-state index in [0.29, 0.717) is 37.3 Å². The van der Waals surface area contributed by atoms with E-state index in [9.17, 15) is 18.0 Å². The van der Waals surface area contributed by atoms with Gasteiger partial charge in [0.1, 0.15) is 11.5 Å². The van der Waals surface area contributed by atoms with Gasteiger partial charge in [-0.25, -0.2) is 13.2 Å². The summed E-state index contributed by atoms with van der Waals surface area (Å²) in [6.45, 7) is 2.60. The van der Waals surface area contributed by atoms with Crippen LogP contribution >= 0.6 is 0 Å². The Morgan fingerprint density at radius 1 is 1.12 bits per heavy atom. The van der Waals surface area contributed by atoms with Gasteiger partial charge in [0.25, 0.3) is 10.0 Å².